The lowest BCUT2D eigenvalue weighted by Crippen LogP contribution is -2.02. The SMILES string of the molecule is Cc1ccc(C(=O)CSc2nnc(-c3ccccc3F)o2)cc1. The van der Waals surface area contributed by atoms with Crippen LogP contribution in [0.4, 0.5) is 4.39 Å². The molecule has 0 aliphatic heterocycles. The second kappa shape index (κ2) is 6.75. The van der Waals surface area contributed by atoms with Gasteiger partial charge < -0.3 is 4.42 Å². The molecule has 0 fully saturated rings. The minimum atomic E-state index is -0.427. The van der Waals surface area contributed by atoms with Gasteiger partial charge in [-0.15, -0.1) is 10.2 Å². The first kappa shape index (κ1) is 15.4. The van der Waals surface area contributed by atoms with Crippen molar-refractivity contribution in [3.8, 4) is 11.5 Å². The summed E-state index contributed by atoms with van der Waals surface area (Å²) in [5.74, 6) is -0.167. The molecular formula is C17H13FN2O2S. The van der Waals surface area contributed by atoms with Gasteiger partial charge in [-0.25, -0.2) is 4.39 Å². The highest BCUT2D eigenvalue weighted by Crippen LogP contribution is 2.25. The Labute approximate surface area is 136 Å². The summed E-state index contributed by atoms with van der Waals surface area (Å²) in [6.07, 6.45) is 0. The number of benzene rings is 2. The Morgan fingerprint density at radius 3 is 2.61 bits per heavy atom. The van der Waals surface area contributed by atoms with E-state index in [2.05, 4.69) is 10.2 Å². The molecule has 0 bridgehead atoms. The van der Waals surface area contributed by atoms with Crippen LogP contribution in [0.1, 0.15) is 15.9 Å². The van der Waals surface area contributed by atoms with Gasteiger partial charge in [-0.1, -0.05) is 53.7 Å². The minimum absolute atomic E-state index is 0.0272. The number of ketones is 1. The minimum Gasteiger partial charge on any atom is -0.411 e. The van der Waals surface area contributed by atoms with Crippen molar-refractivity contribution in [3.63, 3.8) is 0 Å². The number of carbonyl (C=O) groups excluding carboxylic acids is 1. The number of aryl methyl sites for hydroxylation is 1. The third-order valence-electron chi connectivity index (χ3n) is 3.21. The molecule has 0 aliphatic rings. The fourth-order valence-corrected chi connectivity index (χ4v) is 2.62. The third kappa shape index (κ3) is 3.65. The molecule has 0 spiro atoms. The fraction of sp³-hybridized carbons (Fsp3) is 0.118. The van der Waals surface area contributed by atoms with E-state index < -0.39 is 5.82 Å². The van der Waals surface area contributed by atoms with Gasteiger partial charge in [-0.2, -0.15) is 0 Å². The zero-order valence-electron chi connectivity index (χ0n) is 12.3. The van der Waals surface area contributed by atoms with E-state index in [1.807, 2.05) is 19.1 Å². The average Bonchev–Trinajstić information content (AvgIpc) is 3.02. The van der Waals surface area contributed by atoms with Crippen molar-refractivity contribution < 1.29 is 13.6 Å². The van der Waals surface area contributed by atoms with Crippen LogP contribution in [0.2, 0.25) is 0 Å². The van der Waals surface area contributed by atoms with E-state index in [-0.39, 0.29) is 28.2 Å². The highest BCUT2D eigenvalue weighted by atomic mass is 32.2. The molecule has 0 aliphatic carbocycles. The summed E-state index contributed by atoms with van der Waals surface area (Å²) in [6, 6.07) is 13.5. The molecule has 1 heterocycles. The Bertz CT molecular complexity index is 831. The van der Waals surface area contributed by atoms with Crippen LogP contribution in [-0.4, -0.2) is 21.7 Å². The van der Waals surface area contributed by atoms with Gasteiger partial charge in [-0.3, -0.25) is 4.79 Å². The molecule has 0 unspecified atom stereocenters. The number of nitrogens with zero attached hydrogens (tertiary/aromatic N) is 2. The molecule has 0 saturated heterocycles. The summed E-state index contributed by atoms with van der Waals surface area (Å²) < 4.78 is 19.1. The van der Waals surface area contributed by atoms with Crippen molar-refractivity contribution in [2.45, 2.75) is 12.1 Å². The first-order valence-corrected chi connectivity index (χ1v) is 7.93. The van der Waals surface area contributed by atoms with Crippen molar-refractivity contribution in [3.05, 3.63) is 65.5 Å². The van der Waals surface area contributed by atoms with Gasteiger partial charge in [0.2, 0.25) is 0 Å². The van der Waals surface area contributed by atoms with Gasteiger partial charge in [-0.05, 0) is 19.1 Å². The van der Waals surface area contributed by atoms with E-state index in [0.717, 1.165) is 17.3 Å². The van der Waals surface area contributed by atoms with Crippen LogP contribution in [0.3, 0.4) is 0 Å². The second-order valence-corrected chi connectivity index (χ2v) is 5.86. The van der Waals surface area contributed by atoms with Crippen LogP contribution in [0.5, 0.6) is 0 Å². The molecule has 1 aromatic heterocycles. The van der Waals surface area contributed by atoms with Crippen LogP contribution in [0.25, 0.3) is 11.5 Å². The summed E-state index contributed by atoms with van der Waals surface area (Å²) in [4.78, 5) is 12.1. The highest BCUT2D eigenvalue weighted by Gasteiger charge is 2.14. The first-order valence-electron chi connectivity index (χ1n) is 6.94. The van der Waals surface area contributed by atoms with Crippen molar-refractivity contribution in [2.75, 3.05) is 5.75 Å². The maximum atomic E-state index is 13.7. The second-order valence-electron chi connectivity index (χ2n) is 4.93. The largest absolute Gasteiger partial charge is 0.411 e. The van der Waals surface area contributed by atoms with E-state index in [1.54, 1.807) is 30.3 Å². The van der Waals surface area contributed by atoms with Gasteiger partial charge >= 0.3 is 0 Å². The summed E-state index contributed by atoms with van der Waals surface area (Å²) in [7, 11) is 0. The monoisotopic (exact) mass is 328 g/mol. The summed E-state index contributed by atoms with van der Waals surface area (Å²) in [5.41, 5.74) is 1.98. The van der Waals surface area contributed by atoms with Gasteiger partial charge in [0.1, 0.15) is 5.82 Å². The maximum absolute atomic E-state index is 13.7. The van der Waals surface area contributed by atoms with Crippen molar-refractivity contribution in [2.24, 2.45) is 0 Å². The number of aromatic nitrogens is 2. The molecule has 0 atom stereocenters. The molecular weight excluding hydrogens is 315 g/mol. The van der Waals surface area contributed by atoms with Crippen LogP contribution in [-0.2, 0) is 0 Å². The van der Waals surface area contributed by atoms with Crippen LogP contribution in [0, 0.1) is 12.7 Å². The Morgan fingerprint density at radius 1 is 1.13 bits per heavy atom. The van der Waals surface area contributed by atoms with E-state index >= 15 is 0 Å². The number of halogens is 1. The summed E-state index contributed by atoms with van der Waals surface area (Å²) >= 11 is 1.14. The molecule has 0 amide bonds. The van der Waals surface area contributed by atoms with Crippen LogP contribution in [0.15, 0.2) is 58.2 Å². The topological polar surface area (TPSA) is 56.0 Å². The number of rotatable bonds is 5. The van der Waals surface area contributed by atoms with Gasteiger partial charge in [0.25, 0.3) is 11.1 Å². The van der Waals surface area contributed by atoms with Crippen LogP contribution < -0.4 is 0 Å². The summed E-state index contributed by atoms with van der Waals surface area (Å²) in [6.45, 7) is 1.96. The number of thioether (sulfide) groups is 1. The highest BCUT2D eigenvalue weighted by molar-refractivity contribution is 7.99. The molecule has 23 heavy (non-hydrogen) atoms. The van der Waals surface area contributed by atoms with Gasteiger partial charge in [0, 0.05) is 5.56 Å². The lowest BCUT2D eigenvalue weighted by atomic mass is 10.1. The lowest BCUT2D eigenvalue weighted by molar-refractivity contribution is 0.102. The van der Waals surface area contributed by atoms with Crippen LogP contribution >= 0.6 is 11.8 Å². The molecule has 0 N–H and O–H groups in total. The summed E-state index contributed by atoms with van der Waals surface area (Å²) in [5, 5.41) is 7.90. The Kier molecular flexibility index (Phi) is 4.52. The number of Topliss-reactive ketones (excluding diaryl/α,β-unsaturated/α-hetero) is 1. The zero-order chi connectivity index (χ0) is 16.2. The molecule has 6 heteroatoms. The molecule has 4 nitrogen and oxygen atoms in total. The number of carbonyl (C=O) groups is 1. The zero-order valence-corrected chi connectivity index (χ0v) is 13.1. The molecule has 3 aromatic rings. The number of hydrogen-bond acceptors (Lipinski definition) is 5. The normalized spacial score (nSPS) is 10.7. The predicted molar refractivity (Wildman–Crippen MR) is 85.9 cm³/mol. The Morgan fingerprint density at radius 2 is 1.87 bits per heavy atom. The van der Waals surface area contributed by atoms with Crippen molar-refractivity contribution in [1.29, 1.82) is 0 Å². The van der Waals surface area contributed by atoms with Gasteiger partial charge in [0.15, 0.2) is 5.78 Å². The average molecular weight is 328 g/mol. The standard InChI is InChI=1S/C17H13FN2O2S/c1-11-6-8-12(9-7-11)15(21)10-23-17-20-19-16(22-17)13-4-2-3-5-14(13)18/h2-9H,10H2,1H3. The fourth-order valence-electron chi connectivity index (χ4n) is 1.96. The van der Waals surface area contributed by atoms with Crippen molar-refractivity contribution in [1.82, 2.24) is 10.2 Å². The van der Waals surface area contributed by atoms with Crippen molar-refractivity contribution >= 4 is 17.5 Å². The first-order chi connectivity index (χ1) is 11.1. The smallest absolute Gasteiger partial charge is 0.277 e. The third-order valence-corrected chi connectivity index (χ3v) is 4.03. The molecule has 3 rings (SSSR count). The molecule has 2 aromatic carbocycles. The van der Waals surface area contributed by atoms with E-state index in [0.29, 0.717) is 5.56 Å². The van der Waals surface area contributed by atoms with Gasteiger partial charge in [0.05, 0.1) is 11.3 Å². The Hall–Kier alpha value is -2.47. The van der Waals surface area contributed by atoms with E-state index in [9.17, 15) is 9.18 Å². The molecule has 0 saturated carbocycles. The predicted octanol–water partition coefficient (Wildman–Crippen LogP) is 4.16. The maximum Gasteiger partial charge on any atom is 0.277 e. The Balaban J connectivity index is 1.67. The lowest BCUT2D eigenvalue weighted by Gasteiger charge is -1.99. The van der Waals surface area contributed by atoms with E-state index in [4.69, 9.17) is 4.42 Å². The number of hydrogen-bond donors (Lipinski definition) is 0. The van der Waals surface area contributed by atoms with E-state index in [1.165, 1.54) is 6.07 Å². The molecule has 116 valence electrons. The molecule has 0 radical (unpaired) electrons. The quantitative estimate of drug-likeness (QED) is 0.520.